The van der Waals surface area contributed by atoms with Gasteiger partial charge in [0.15, 0.2) is 0 Å². The molecule has 2 aliphatic carbocycles. The van der Waals surface area contributed by atoms with E-state index in [9.17, 15) is 19.8 Å². The lowest BCUT2D eigenvalue weighted by Gasteiger charge is -2.23. The largest absolute Gasteiger partial charge is 0.481 e. The molecule has 0 aromatic carbocycles. The number of aliphatic hydroxyl groups excluding tert-OH is 2. The molecule has 0 spiro atoms. The molecule has 0 saturated heterocycles. The van der Waals surface area contributed by atoms with Crippen molar-refractivity contribution >= 4 is 11.8 Å². The second kappa shape index (κ2) is 11.4. The van der Waals surface area contributed by atoms with E-state index in [0.29, 0.717) is 25.2 Å². The van der Waals surface area contributed by atoms with E-state index in [0.717, 1.165) is 6.42 Å². The van der Waals surface area contributed by atoms with E-state index in [-0.39, 0.29) is 30.5 Å². The second-order valence-electron chi connectivity index (χ2n) is 8.11. The van der Waals surface area contributed by atoms with E-state index in [1.165, 1.54) is 32.1 Å². The Morgan fingerprint density at radius 1 is 1.19 bits per heavy atom. The van der Waals surface area contributed by atoms with Crippen LogP contribution in [0.1, 0.15) is 70.6 Å². The average Bonchev–Trinajstić information content (AvgIpc) is 2.89. The predicted molar refractivity (Wildman–Crippen MR) is 104 cm³/mol. The fourth-order valence-electron chi connectivity index (χ4n) is 4.36. The summed E-state index contributed by atoms with van der Waals surface area (Å²) in [6.07, 6.45) is 15.3. The summed E-state index contributed by atoms with van der Waals surface area (Å²) in [5.74, 6) is -0.655. The molecule has 2 fully saturated rings. The Bertz CT molecular complexity index is 533. The molecular weight excluding hydrogens is 344 g/mol. The smallest absolute Gasteiger partial charge is 0.303 e. The zero-order valence-corrected chi connectivity index (χ0v) is 16.1. The Balaban J connectivity index is 1.81. The molecule has 2 aliphatic rings. The van der Waals surface area contributed by atoms with Crippen LogP contribution in [-0.2, 0) is 9.59 Å². The summed E-state index contributed by atoms with van der Waals surface area (Å²) in [4.78, 5) is 22.7. The number of carboxylic acids is 1. The predicted octanol–water partition coefficient (Wildman–Crippen LogP) is 3.64. The quantitative estimate of drug-likeness (QED) is 0.398. The molecule has 0 radical (unpaired) electrons. The summed E-state index contributed by atoms with van der Waals surface area (Å²) in [6.45, 7) is 0. The van der Waals surface area contributed by atoms with E-state index >= 15 is 0 Å². The van der Waals surface area contributed by atoms with Crippen molar-refractivity contribution in [3.05, 3.63) is 24.3 Å². The lowest BCUT2D eigenvalue weighted by molar-refractivity contribution is -0.137. The molecule has 0 aliphatic heterocycles. The summed E-state index contributed by atoms with van der Waals surface area (Å²) in [7, 11) is 0. The molecule has 0 aromatic rings. The van der Waals surface area contributed by atoms with Gasteiger partial charge in [-0.3, -0.25) is 9.59 Å². The highest BCUT2D eigenvalue weighted by atomic mass is 16.4. The van der Waals surface area contributed by atoms with Crippen molar-refractivity contribution < 1.29 is 24.9 Å². The van der Waals surface area contributed by atoms with Crippen LogP contribution >= 0.6 is 0 Å². The number of carbonyl (C=O) groups excluding carboxylic acids is 1. The SMILES string of the molecule is O=C(O)CCCC=CC[C@@H]1C(=O)CC(O)[C@@H]1C=CC(O)CC1CCCCC1. The molecule has 5 heteroatoms. The molecule has 5 nitrogen and oxygen atoms in total. The first-order valence-corrected chi connectivity index (χ1v) is 10.4. The van der Waals surface area contributed by atoms with Crippen molar-refractivity contribution in [2.45, 2.75) is 82.8 Å². The van der Waals surface area contributed by atoms with Crippen LogP contribution in [0.2, 0.25) is 0 Å². The Morgan fingerprint density at radius 2 is 1.93 bits per heavy atom. The van der Waals surface area contributed by atoms with Gasteiger partial charge in [-0.05, 0) is 31.6 Å². The zero-order valence-electron chi connectivity index (χ0n) is 16.1. The van der Waals surface area contributed by atoms with Gasteiger partial charge < -0.3 is 15.3 Å². The van der Waals surface area contributed by atoms with Gasteiger partial charge >= 0.3 is 5.97 Å². The summed E-state index contributed by atoms with van der Waals surface area (Å²) in [5.41, 5.74) is 0. The van der Waals surface area contributed by atoms with Crippen molar-refractivity contribution in [3.8, 4) is 0 Å². The van der Waals surface area contributed by atoms with Gasteiger partial charge in [0.2, 0.25) is 0 Å². The monoisotopic (exact) mass is 378 g/mol. The van der Waals surface area contributed by atoms with Gasteiger partial charge in [0.25, 0.3) is 0 Å². The number of aliphatic carboxylic acids is 1. The maximum absolute atomic E-state index is 12.2. The standard InChI is InChI=1S/C22H34O5/c23-17(14-16-8-4-3-5-9-16)12-13-19-18(20(24)15-21(19)25)10-6-1-2-7-11-22(26)27/h1,6,12-13,16-19,21,23,25H,2-5,7-11,14-15H2,(H,26,27)/t17?,18-,19+,21?/m0/s1. The minimum absolute atomic E-state index is 0.0640. The van der Waals surface area contributed by atoms with Crippen LogP contribution in [0.25, 0.3) is 0 Å². The van der Waals surface area contributed by atoms with Gasteiger partial charge in [-0.2, -0.15) is 0 Å². The molecule has 4 atom stereocenters. The van der Waals surface area contributed by atoms with Crippen molar-refractivity contribution in [1.29, 1.82) is 0 Å². The van der Waals surface area contributed by atoms with Crippen LogP contribution in [-0.4, -0.2) is 39.3 Å². The normalized spacial score (nSPS) is 28.4. The highest BCUT2D eigenvalue weighted by Gasteiger charge is 2.39. The third kappa shape index (κ3) is 7.59. The number of unbranched alkanes of at least 4 members (excludes halogenated alkanes) is 1. The molecule has 2 unspecified atom stereocenters. The van der Waals surface area contributed by atoms with Gasteiger partial charge in [0, 0.05) is 24.7 Å². The first kappa shape index (κ1) is 21.8. The van der Waals surface area contributed by atoms with E-state index < -0.39 is 18.2 Å². The van der Waals surface area contributed by atoms with Crippen LogP contribution < -0.4 is 0 Å². The number of hydrogen-bond donors (Lipinski definition) is 3. The van der Waals surface area contributed by atoms with Crippen LogP contribution in [0.15, 0.2) is 24.3 Å². The third-order valence-corrected chi connectivity index (χ3v) is 5.91. The molecule has 0 bridgehead atoms. The number of carboxylic acid groups (broad SMARTS) is 1. The van der Waals surface area contributed by atoms with E-state index in [4.69, 9.17) is 5.11 Å². The van der Waals surface area contributed by atoms with Gasteiger partial charge in [-0.1, -0.05) is 56.4 Å². The average molecular weight is 379 g/mol. The van der Waals surface area contributed by atoms with Crippen LogP contribution in [0.5, 0.6) is 0 Å². The Kier molecular flexibility index (Phi) is 9.22. The maximum Gasteiger partial charge on any atom is 0.303 e. The Morgan fingerprint density at radius 3 is 2.63 bits per heavy atom. The molecule has 27 heavy (non-hydrogen) atoms. The number of ketones is 1. The van der Waals surface area contributed by atoms with E-state index in [1.54, 1.807) is 6.08 Å². The number of hydrogen-bond acceptors (Lipinski definition) is 4. The number of rotatable bonds is 10. The van der Waals surface area contributed by atoms with Gasteiger partial charge in [0.1, 0.15) is 5.78 Å². The summed E-state index contributed by atoms with van der Waals surface area (Å²) in [6, 6.07) is 0. The Hall–Kier alpha value is -1.46. The lowest BCUT2D eigenvalue weighted by Crippen LogP contribution is -2.19. The first-order valence-electron chi connectivity index (χ1n) is 10.4. The maximum atomic E-state index is 12.2. The molecule has 0 aromatic heterocycles. The second-order valence-corrected chi connectivity index (χ2v) is 8.11. The minimum atomic E-state index is -0.797. The first-order chi connectivity index (χ1) is 13.0. The minimum Gasteiger partial charge on any atom is -0.481 e. The van der Waals surface area contributed by atoms with Crippen molar-refractivity contribution in [2.24, 2.45) is 17.8 Å². The summed E-state index contributed by atoms with van der Waals surface area (Å²) in [5, 5.41) is 29.1. The van der Waals surface area contributed by atoms with E-state index in [2.05, 4.69) is 0 Å². The fourth-order valence-corrected chi connectivity index (χ4v) is 4.36. The van der Waals surface area contributed by atoms with Crippen molar-refractivity contribution in [3.63, 3.8) is 0 Å². The molecule has 3 N–H and O–H groups in total. The van der Waals surface area contributed by atoms with E-state index in [1.807, 2.05) is 18.2 Å². The number of allylic oxidation sites excluding steroid dienone is 2. The number of carbonyl (C=O) groups is 2. The molecular formula is C22H34O5. The molecule has 152 valence electrons. The Labute approximate surface area is 162 Å². The number of Topliss-reactive ketones (excluding diaryl/α,β-unsaturated/α-hetero) is 1. The highest BCUT2D eigenvalue weighted by Crippen LogP contribution is 2.34. The van der Waals surface area contributed by atoms with Crippen LogP contribution in [0.3, 0.4) is 0 Å². The van der Waals surface area contributed by atoms with Gasteiger partial charge in [-0.15, -0.1) is 0 Å². The molecule has 2 rings (SSSR count). The lowest BCUT2D eigenvalue weighted by atomic mass is 9.85. The summed E-state index contributed by atoms with van der Waals surface area (Å²) >= 11 is 0. The van der Waals surface area contributed by atoms with Crippen molar-refractivity contribution in [2.75, 3.05) is 0 Å². The van der Waals surface area contributed by atoms with Crippen LogP contribution in [0, 0.1) is 17.8 Å². The number of aliphatic hydroxyl groups is 2. The van der Waals surface area contributed by atoms with Crippen LogP contribution in [0.4, 0.5) is 0 Å². The van der Waals surface area contributed by atoms with Gasteiger partial charge in [-0.25, -0.2) is 0 Å². The topological polar surface area (TPSA) is 94.8 Å². The van der Waals surface area contributed by atoms with Crippen molar-refractivity contribution in [1.82, 2.24) is 0 Å². The zero-order chi connectivity index (χ0) is 19.6. The summed E-state index contributed by atoms with van der Waals surface area (Å²) < 4.78 is 0. The van der Waals surface area contributed by atoms with Gasteiger partial charge in [0.05, 0.1) is 12.2 Å². The third-order valence-electron chi connectivity index (χ3n) is 5.91. The molecule has 0 amide bonds. The molecule has 2 saturated carbocycles. The highest BCUT2D eigenvalue weighted by molar-refractivity contribution is 5.84. The fraction of sp³-hybridized carbons (Fsp3) is 0.727. The molecule has 0 heterocycles.